The molecule has 0 saturated carbocycles. The van der Waals surface area contributed by atoms with Gasteiger partial charge in [0.25, 0.3) is 0 Å². The van der Waals surface area contributed by atoms with Gasteiger partial charge in [-0.2, -0.15) is 13.2 Å². The van der Waals surface area contributed by atoms with Crippen LogP contribution in [0.2, 0.25) is 0 Å². The summed E-state index contributed by atoms with van der Waals surface area (Å²) in [5.74, 6) is -0.225. The molecule has 0 bridgehead atoms. The SMILES string of the molecule is CC(=O)/C(=C\c1ccccc1C(F)(F)F)Oc1ccccc1. The van der Waals surface area contributed by atoms with Gasteiger partial charge in [-0.3, -0.25) is 4.79 Å². The largest absolute Gasteiger partial charge is 0.454 e. The Morgan fingerprint density at radius 1 is 1.00 bits per heavy atom. The molecule has 2 aromatic rings. The van der Waals surface area contributed by atoms with Crippen LogP contribution in [0.4, 0.5) is 13.2 Å². The normalized spacial score (nSPS) is 12.1. The molecule has 0 amide bonds. The van der Waals surface area contributed by atoms with Crippen molar-refractivity contribution in [3.05, 3.63) is 71.5 Å². The van der Waals surface area contributed by atoms with Crippen molar-refractivity contribution in [2.24, 2.45) is 0 Å². The number of ether oxygens (including phenoxy) is 1. The van der Waals surface area contributed by atoms with Gasteiger partial charge < -0.3 is 4.74 Å². The standard InChI is InChI=1S/C17H13F3O2/c1-12(21)16(22-14-8-3-2-4-9-14)11-13-7-5-6-10-15(13)17(18,19)20/h2-11H,1H3/b16-11+. The minimum atomic E-state index is -4.50. The van der Waals surface area contributed by atoms with Gasteiger partial charge in [-0.15, -0.1) is 0 Å². The summed E-state index contributed by atoms with van der Waals surface area (Å²) < 4.78 is 44.3. The first-order valence-corrected chi connectivity index (χ1v) is 6.49. The number of carbonyl (C=O) groups excluding carboxylic acids is 1. The second-order valence-electron chi connectivity index (χ2n) is 4.56. The van der Waals surface area contributed by atoms with E-state index in [2.05, 4.69) is 0 Å². The van der Waals surface area contributed by atoms with Crippen LogP contribution in [-0.4, -0.2) is 5.78 Å². The molecular formula is C17H13F3O2. The monoisotopic (exact) mass is 306 g/mol. The van der Waals surface area contributed by atoms with E-state index >= 15 is 0 Å². The number of para-hydroxylation sites is 1. The van der Waals surface area contributed by atoms with Crippen molar-refractivity contribution in [3.63, 3.8) is 0 Å². The predicted octanol–water partition coefficient (Wildman–Crippen LogP) is 4.71. The molecule has 2 aromatic carbocycles. The van der Waals surface area contributed by atoms with E-state index in [0.29, 0.717) is 5.75 Å². The van der Waals surface area contributed by atoms with Crippen LogP contribution in [0.1, 0.15) is 18.1 Å². The van der Waals surface area contributed by atoms with E-state index in [1.54, 1.807) is 30.3 Å². The van der Waals surface area contributed by atoms with Crippen LogP contribution in [0.15, 0.2) is 60.4 Å². The molecule has 5 heteroatoms. The summed E-state index contributed by atoms with van der Waals surface area (Å²) >= 11 is 0. The van der Waals surface area contributed by atoms with Crippen LogP contribution in [0, 0.1) is 0 Å². The molecule has 22 heavy (non-hydrogen) atoms. The zero-order valence-corrected chi connectivity index (χ0v) is 11.7. The molecule has 0 aliphatic heterocycles. The third-order valence-electron chi connectivity index (χ3n) is 2.87. The second kappa shape index (κ2) is 6.47. The summed E-state index contributed by atoms with van der Waals surface area (Å²) in [6.45, 7) is 1.24. The molecule has 2 rings (SSSR count). The van der Waals surface area contributed by atoms with Crippen LogP contribution in [0.25, 0.3) is 6.08 Å². The highest BCUT2D eigenvalue weighted by atomic mass is 19.4. The molecule has 0 aliphatic rings. The van der Waals surface area contributed by atoms with Gasteiger partial charge in [0.15, 0.2) is 11.5 Å². The molecule has 0 spiro atoms. The van der Waals surface area contributed by atoms with Crippen LogP contribution in [-0.2, 0) is 11.0 Å². The molecule has 0 heterocycles. The molecule has 0 N–H and O–H groups in total. The Kier molecular flexibility index (Phi) is 4.65. The van der Waals surface area contributed by atoms with Crippen LogP contribution < -0.4 is 4.74 Å². The number of ketones is 1. The van der Waals surface area contributed by atoms with E-state index in [1.165, 1.54) is 25.1 Å². The van der Waals surface area contributed by atoms with Gasteiger partial charge in [-0.1, -0.05) is 36.4 Å². The van der Waals surface area contributed by atoms with Gasteiger partial charge in [0.05, 0.1) is 5.56 Å². The second-order valence-corrected chi connectivity index (χ2v) is 4.56. The van der Waals surface area contributed by atoms with Gasteiger partial charge in [-0.05, 0) is 29.8 Å². The lowest BCUT2D eigenvalue weighted by Crippen LogP contribution is -2.09. The van der Waals surface area contributed by atoms with Crippen molar-refractivity contribution in [1.82, 2.24) is 0 Å². The lowest BCUT2D eigenvalue weighted by Gasteiger charge is -2.12. The number of alkyl halides is 3. The van der Waals surface area contributed by atoms with Crippen LogP contribution >= 0.6 is 0 Å². The van der Waals surface area contributed by atoms with Gasteiger partial charge in [0.2, 0.25) is 0 Å². The number of rotatable bonds is 4. The lowest BCUT2D eigenvalue weighted by atomic mass is 10.1. The molecular weight excluding hydrogens is 293 g/mol. The van der Waals surface area contributed by atoms with Crippen molar-refractivity contribution in [2.45, 2.75) is 13.1 Å². The average molecular weight is 306 g/mol. The fourth-order valence-electron chi connectivity index (χ4n) is 1.84. The molecule has 2 nitrogen and oxygen atoms in total. The third-order valence-corrected chi connectivity index (χ3v) is 2.87. The molecule has 0 aliphatic carbocycles. The Morgan fingerprint density at radius 2 is 1.59 bits per heavy atom. The van der Waals surface area contributed by atoms with Crippen molar-refractivity contribution >= 4 is 11.9 Å². The van der Waals surface area contributed by atoms with Crippen molar-refractivity contribution in [3.8, 4) is 5.75 Å². The highest BCUT2D eigenvalue weighted by Gasteiger charge is 2.32. The van der Waals surface area contributed by atoms with Crippen molar-refractivity contribution in [1.29, 1.82) is 0 Å². The number of carbonyl (C=O) groups is 1. The first-order valence-electron chi connectivity index (χ1n) is 6.49. The average Bonchev–Trinajstić information content (AvgIpc) is 2.47. The molecule has 0 atom stereocenters. The van der Waals surface area contributed by atoms with Crippen molar-refractivity contribution in [2.75, 3.05) is 0 Å². The molecule has 0 radical (unpaired) electrons. The fraction of sp³-hybridized carbons (Fsp3) is 0.118. The highest BCUT2D eigenvalue weighted by molar-refractivity contribution is 5.96. The topological polar surface area (TPSA) is 26.3 Å². The smallest absolute Gasteiger partial charge is 0.416 e. The maximum Gasteiger partial charge on any atom is 0.416 e. The molecule has 0 saturated heterocycles. The van der Waals surface area contributed by atoms with E-state index < -0.39 is 17.5 Å². The molecule has 0 unspecified atom stereocenters. The third kappa shape index (κ3) is 3.97. The van der Waals surface area contributed by atoms with Gasteiger partial charge in [0, 0.05) is 6.92 Å². The Labute approximate surface area is 125 Å². The summed E-state index contributed by atoms with van der Waals surface area (Å²) in [7, 11) is 0. The number of hydrogen-bond acceptors (Lipinski definition) is 2. The zero-order valence-electron chi connectivity index (χ0n) is 11.7. The maximum atomic E-state index is 13.0. The predicted molar refractivity (Wildman–Crippen MR) is 77.2 cm³/mol. The number of allylic oxidation sites excluding steroid dienone is 1. The fourth-order valence-corrected chi connectivity index (χ4v) is 1.84. The van der Waals surface area contributed by atoms with E-state index in [-0.39, 0.29) is 11.3 Å². The number of hydrogen-bond donors (Lipinski definition) is 0. The zero-order chi connectivity index (χ0) is 16.2. The van der Waals surface area contributed by atoms with E-state index in [4.69, 9.17) is 4.74 Å². The number of benzene rings is 2. The Morgan fingerprint density at radius 3 is 2.18 bits per heavy atom. The minimum absolute atomic E-state index is 0.115. The van der Waals surface area contributed by atoms with Crippen molar-refractivity contribution < 1.29 is 22.7 Å². The summed E-state index contributed by atoms with van der Waals surface area (Å²) in [6, 6.07) is 13.4. The summed E-state index contributed by atoms with van der Waals surface area (Å²) in [4.78, 5) is 11.6. The van der Waals surface area contributed by atoms with Gasteiger partial charge >= 0.3 is 6.18 Å². The van der Waals surface area contributed by atoms with E-state index in [0.717, 1.165) is 12.1 Å². The highest BCUT2D eigenvalue weighted by Crippen LogP contribution is 2.33. The summed E-state index contributed by atoms with van der Waals surface area (Å²) in [5.41, 5.74) is -0.929. The van der Waals surface area contributed by atoms with Gasteiger partial charge in [0.1, 0.15) is 5.75 Å². The number of halogens is 3. The Bertz CT molecular complexity index is 689. The molecule has 114 valence electrons. The number of Topliss-reactive ketones (excluding diaryl/α,β-unsaturated/α-hetero) is 1. The lowest BCUT2D eigenvalue weighted by molar-refractivity contribution is -0.137. The first kappa shape index (κ1) is 15.8. The van der Waals surface area contributed by atoms with Gasteiger partial charge in [-0.25, -0.2) is 0 Å². The minimum Gasteiger partial charge on any atom is -0.454 e. The van der Waals surface area contributed by atoms with Crippen LogP contribution in [0.3, 0.4) is 0 Å². The van der Waals surface area contributed by atoms with E-state index in [9.17, 15) is 18.0 Å². The summed E-state index contributed by atoms with van der Waals surface area (Å²) in [5, 5.41) is 0. The molecule has 0 aromatic heterocycles. The Balaban J connectivity index is 2.42. The Hall–Kier alpha value is -2.56. The summed E-state index contributed by atoms with van der Waals surface area (Å²) in [6.07, 6.45) is -3.39. The van der Waals surface area contributed by atoms with Crippen LogP contribution in [0.5, 0.6) is 5.75 Å². The van der Waals surface area contributed by atoms with E-state index in [1.807, 2.05) is 0 Å². The quantitative estimate of drug-likeness (QED) is 0.604. The first-order chi connectivity index (χ1) is 10.4. The maximum absolute atomic E-state index is 13.0. The molecule has 0 fully saturated rings.